The second kappa shape index (κ2) is 8.78. The summed E-state index contributed by atoms with van der Waals surface area (Å²) in [5.41, 5.74) is 3.14. The average Bonchev–Trinajstić information content (AvgIpc) is 3.15. The van der Waals surface area contributed by atoms with Crippen molar-refractivity contribution in [2.24, 2.45) is 0 Å². The van der Waals surface area contributed by atoms with E-state index < -0.39 is 0 Å². The monoisotopic (exact) mass is 380 g/mol. The van der Waals surface area contributed by atoms with Crippen LogP contribution in [-0.4, -0.2) is 35.6 Å². The molecule has 5 rings (SSSR count). The smallest absolute Gasteiger partial charge is 0.0402 e. The molecule has 0 radical (unpaired) electrons. The van der Waals surface area contributed by atoms with Gasteiger partial charge in [-0.2, -0.15) is 0 Å². The van der Waals surface area contributed by atoms with Gasteiger partial charge in [-0.3, -0.25) is 4.90 Å². The van der Waals surface area contributed by atoms with Crippen molar-refractivity contribution in [3.8, 4) is 0 Å². The first-order valence-corrected chi connectivity index (χ1v) is 12.5. The van der Waals surface area contributed by atoms with Crippen molar-refractivity contribution in [2.75, 3.05) is 11.4 Å². The lowest BCUT2D eigenvalue weighted by Crippen LogP contribution is -2.60. The lowest BCUT2D eigenvalue weighted by Gasteiger charge is -2.54. The Kier molecular flexibility index (Phi) is 5.95. The Morgan fingerprint density at radius 3 is 1.93 bits per heavy atom. The van der Waals surface area contributed by atoms with Crippen molar-refractivity contribution >= 4 is 5.69 Å². The van der Waals surface area contributed by atoms with E-state index in [0.717, 1.165) is 24.2 Å². The van der Waals surface area contributed by atoms with E-state index in [1.54, 1.807) is 11.3 Å². The first kappa shape index (κ1) is 19.0. The SMILES string of the molecule is c1ccc2c(c1)CCN2C1CC2CCCC(C1)N2C1CCCCCCCCC1. The summed E-state index contributed by atoms with van der Waals surface area (Å²) >= 11 is 0. The number of rotatable bonds is 2. The minimum Gasteiger partial charge on any atom is -0.368 e. The molecule has 1 aromatic carbocycles. The van der Waals surface area contributed by atoms with Crippen molar-refractivity contribution < 1.29 is 0 Å². The van der Waals surface area contributed by atoms with Gasteiger partial charge in [0.2, 0.25) is 0 Å². The van der Waals surface area contributed by atoms with Crippen LogP contribution in [0.1, 0.15) is 95.5 Å². The lowest BCUT2D eigenvalue weighted by atomic mass is 9.78. The molecule has 1 saturated carbocycles. The maximum atomic E-state index is 3.09. The van der Waals surface area contributed by atoms with Crippen molar-refractivity contribution in [1.29, 1.82) is 0 Å². The maximum Gasteiger partial charge on any atom is 0.0402 e. The summed E-state index contributed by atoms with van der Waals surface area (Å²) in [6.45, 7) is 1.26. The molecule has 3 heterocycles. The molecule has 2 unspecified atom stereocenters. The molecule has 1 aromatic rings. The fraction of sp³-hybridized carbons (Fsp3) is 0.769. The highest BCUT2D eigenvalue weighted by molar-refractivity contribution is 5.58. The number of benzene rings is 1. The Bertz CT molecular complexity index is 617. The van der Waals surface area contributed by atoms with Crippen LogP contribution < -0.4 is 4.90 Å². The van der Waals surface area contributed by atoms with E-state index in [-0.39, 0.29) is 0 Å². The normalized spacial score (nSPS) is 32.9. The number of hydrogen-bond donors (Lipinski definition) is 0. The Hall–Kier alpha value is -1.02. The predicted molar refractivity (Wildman–Crippen MR) is 119 cm³/mol. The highest BCUT2D eigenvalue weighted by Gasteiger charge is 2.43. The summed E-state index contributed by atoms with van der Waals surface area (Å²) in [5, 5.41) is 0. The Balaban J connectivity index is 1.30. The molecule has 2 nitrogen and oxygen atoms in total. The molecule has 0 N–H and O–H groups in total. The van der Waals surface area contributed by atoms with Crippen LogP contribution >= 0.6 is 0 Å². The van der Waals surface area contributed by atoms with E-state index in [0.29, 0.717) is 0 Å². The third-order valence-electron chi connectivity index (χ3n) is 8.37. The average molecular weight is 381 g/mol. The Morgan fingerprint density at radius 2 is 1.21 bits per heavy atom. The standard InChI is InChI=1S/C26H40N2/c1-2-4-6-12-22(13-7-5-3-1)28-23-14-10-15-24(28)20-25(19-23)27-18-17-21-11-8-9-16-26(21)27/h8-9,11,16,22-25H,1-7,10,12-15,17-20H2. The molecule has 3 aliphatic heterocycles. The summed E-state index contributed by atoms with van der Waals surface area (Å²) in [6, 6.07) is 12.6. The molecule has 4 aliphatic rings. The third-order valence-corrected chi connectivity index (χ3v) is 8.37. The summed E-state index contributed by atoms with van der Waals surface area (Å²) in [5.74, 6) is 0. The van der Waals surface area contributed by atoms with Gasteiger partial charge in [0, 0.05) is 36.4 Å². The highest BCUT2D eigenvalue weighted by Crippen LogP contribution is 2.42. The fourth-order valence-corrected chi connectivity index (χ4v) is 7.07. The molecule has 0 spiro atoms. The van der Waals surface area contributed by atoms with Gasteiger partial charge in [0.15, 0.2) is 0 Å². The van der Waals surface area contributed by atoms with Crippen LogP contribution in [0.5, 0.6) is 0 Å². The number of para-hydroxylation sites is 1. The predicted octanol–water partition coefficient (Wildman–Crippen LogP) is 6.33. The number of anilines is 1. The van der Waals surface area contributed by atoms with E-state index in [9.17, 15) is 0 Å². The minimum absolute atomic E-state index is 0.787. The zero-order valence-corrected chi connectivity index (χ0v) is 17.8. The molecule has 0 aromatic heterocycles. The van der Waals surface area contributed by atoms with Gasteiger partial charge in [-0.05, 0) is 56.6 Å². The second-order valence-electron chi connectivity index (χ2n) is 10.1. The zero-order chi connectivity index (χ0) is 18.8. The summed E-state index contributed by atoms with van der Waals surface area (Å²) < 4.78 is 0. The third kappa shape index (κ3) is 3.86. The van der Waals surface area contributed by atoms with E-state index in [2.05, 4.69) is 34.1 Å². The van der Waals surface area contributed by atoms with Gasteiger partial charge in [-0.25, -0.2) is 0 Å². The van der Waals surface area contributed by atoms with Crippen LogP contribution in [0.4, 0.5) is 5.69 Å². The van der Waals surface area contributed by atoms with Gasteiger partial charge < -0.3 is 4.90 Å². The molecule has 2 atom stereocenters. The quantitative estimate of drug-likeness (QED) is 0.591. The molecule has 2 saturated heterocycles. The van der Waals surface area contributed by atoms with Gasteiger partial charge in [-0.1, -0.05) is 69.6 Å². The van der Waals surface area contributed by atoms with Gasteiger partial charge >= 0.3 is 0 Å². The number of nitrogens with zero attached hydrogens (tertiary/aromatic N) is 2. The molecule has 154 valence electrons. The summed E-state index contributed by atoms with van der Waals surface area (Å²) in [4.78, 5) is 5.88. The van der Waals surface area contributed by atoms with Crippen LogP contribution in [0, 0.1) is 0 Å². The first-order chi connectivity index (χ1) is 13.9. The van der Waals surface area contributed by atoms with Crippen molar-refractivity contribution in [3.05, 3.63) is 29.8 Å². The highest BCUT2D eigenvalue weighted by atomic mass is 15.3. The largest absolute Gasteiger partial charge is 0.368 e. The fourth-order valence-electron chi connectivity index (χ4n) is 7.07. The van der Waals surface area contributed by atoms with Crippen LogP contribution in [0.25, 0.3) is 0 Å². The van der Waals surface area contributed by atoms with Gasteiger partial charge in [-0.15, -0.1) is 0 Å². The molecule has 28 heavy (non-hydrogen) atoms. The Morgan fingerprint density at radius 1 is 0.607 bits per heavy atom. The molecule has 0 amide bonds. The van der Waals surface area contributed by atoms with Crippen LogP contribution in [0.2, 0.25) is 0 Å². The molecular formula is C26H40N2. The molecule has 2 heteroatoms. The van der Waals surface area contributed by atoms with Crippen molar-refractivity contribution in [1.82, 2.24) is 4.90 Å². The minimum atomic E-state index is 0.787. The van der Waals surface area contributed by atoms with Crippen LogP contribution in [0.15, 0.2) is 24.3 Å². The maximum absolute atomic E-state index is 3.09. The number of fused-ring (bicyclic) bond motifs is 3. The number of hydrogen-bond acceptors (Lipinski definition) is 2. The van der Waals surface area contributed by atoms with Gasteiger partial charge in [0.1, 0.15) is 0 Å². The van der Waals surface area contributed by atoms with Crippen LogP contribution in [-0.2, 0) is 6.42 Å². The first-order valence-electron chi connectivity index (χ1n) is 12.5. The number of piperidine rings is 2. The van der Waals surface area contributed by atoms with Gasteiger partial charge in [0.05, 0.1) is 0 Å². The molecule has 2 bridgehead atoms. The molecule has 3 fully saturated rings. The van der Waals surface area contributed by atoms with E-state index in [4.69, 9.17) is 0 Å². The molecular weight excluding hydrogens is 340 g/mol. The van der Waals surface area contributed by atoms with Gasteiger partial charge in [0.25, 0.3) is 0 Å². The van der Waals surface area contributed by atoms with E-state index in [1.807, 2.05) is 0 Å². The van der Waals surface area contributed by atoms with E-state index >= 15 is 0 Å². The van der Waals surface area contributed by atoms with Crippen molar-refractivity contribution in [2.45, 2.75) is 120 Å². The zero-order valence-electron chi connectivity index (χ0n) is 17.8. The van der Waals surface area contributed by atoms with E-state index in [1.165, 1.54) is 103 Å². The Labute approximate surface area is 172 Å². The van der Waals surface area contributed by atoms with Crippen molar-refractivity contribution in [3.63, 3.8) is 0 Å². The lowest BCUT2D eigenvalue weighted by molar-refractivity contribution is -0.0137. The summed E-state index contributed by atoms with van der Waals surface area (Å²) in [7, 11) is 0. The topological polar surface area (TPSA) is 6.48 Å². The summed E-state index contributed by atoms with van der Waals surface area (Å²) in [6.07, 6.45) is 21.8. The van der Waals surface area contributed by atoms with Crippen LogP contribution in [0.3, 0.4) is 0 Å². The molecule has 1 aliphatic carbocycles. The second-order valence-corrected chi connectivity index (χ2v) is 10.1.